The number of ether oxygens (including phenoxy) is 1. The van der Waals surface area contributed by atoms with E-state index in [2.05, 4.69) is 5.32 Å². The van der Waals surface area contributed by atoms with E-state index in [0.29, 0.717) is 41.4 Å². The summed E-state index contributed by atoms with van der Waals surface area (Å²) in [6, 6.07) is 4.09. The molecule has 0 aromatic heterocycles. The van der Waals surface area contributed by atoms with Crippen LogP contribution < -0.4 is 10.1 Å². The molecule has 0 heterocycles. The van der Waals surface area contributed by atoms with E-state index in [-0.39, 0.29) is 6.67 Å². The van der Waals surface area contributed by atoms with Crippen LogP contribution in [0.3, 0.4) is 0 Å². The van der Waals surface area contributed by atoms with Gasteiger partial charge >= 0.3 is 0 Å². The molecule has 0 spiro atoms. The van der Waals surface area contributed by atoms with Crippen molar-refractivity contribution in [1.82, 2.24) is 5.32 Å². The molecule has 0 aliphatic heterocycles. The lowest BCUT2D eigenvalue weighted by molar-refractivity contribution is 0.286. The molecule has 18 heavy (non-hydrogen) atoms. The SMILES string of the molecule is FCCCOc1c(Cl)cc(Cl)cc1CNC1CC1. The van der Waals surface area contributed by atoms with Gasteiger partial charge in [-0.05, 0) is 25.0 Å². The van der Waals surface area contributed by atoms with Crippen LogP contribution in [0, 0.1) is 0 Å². The quantitative estimate of drug-likeness (QED) is 0.767. The van der Waals surface area contributed by atoms with Crippen LogP contribution >= 0.6 is 23.2 Å². The fourth-order valence-corrected chi connectivity index (χ4v) is 2.27. The average molecular weight is 292 g/mol. The van der Waals surface area contributed by atoms with Crippen LogP contribution in [-0.2, 0) is 6.54 Å². The predicted octanol–water partition coefficient (Wildman–Crippen LogP) is 3.98. The topological polar surface area (TPSA) is 21.3 Å². The van der Waals surface area contributed by atoms with Gasteiger partial charge in [-0.1, -0.05) is 23.2 Å². The Labute approximate surface area is 116 Å². The van der Waals surface area contributed by atoms with E-state index in [4.69, 9.17) is 27.9 Å². The maximum absolute atomic E-state index is 12.1. The van der Waals surface area contributed by atoms with Crippen LogP contribution in [0.1, 0.15) is 24.8 Å². The molecule has 0 unspecified atom stereocenters. The molecule has 0 amide bonds. The van der Waals surface area contributed by atoms with E-state index in [9.17, 15) is 4.39 Å². The highest BCUT2D eigenvalue weighted by atomic mass is 35.5. The molecule has 1 aromatic carbocycles. The summed E-state index contributed by atoms with van der Waals surface area (Å²) in [6.45, 7) is 0.616. The molecule has 2 nitrogen and oxygen atoms in total. The van der Waals surface area contributed by atoms with Crippen LogP contribution in [0.15, 0.2) is 12.1 Å². The van der Waals surface area contributed by atoms with Crippen LogP contribution in [0.25, 0.3) is 0 Å². The van der Waals surface area contributed by atoms with Crippen molar-refractivity contribution < 1.29 is 9.13 Å². The first-order valence-electron chi connectivity index (χ1n) is 6.11. The molecular weight excluding hydrogens is 276 g/mol. The Kier molecular flexibility index (Phi) is 5.10. The number of halogens is 3. The molecule has 0 atom stereocenters. The van der Waals surface area contributed by atoms with Crippen molar-refractivity contribution >= 4 is 23.2 Å². The Balaban J connectivity index is 2.06. The van der Waals surface area contributed by atoms with Crippen LogP contribution in [0.4, 0.5) is 4.39 Å². The van der Waals surface area contributed by atoms with Crippen molar-refractivity contribution in [3.05, 3.63) is 27.7 Å². The van der Waals surface area contributed by atoms with Gasteiger partial charge in [0.1, 0.15) is 5.75 Å². The molecule has 2 rings (SSSR count). The van der Waals surface area contributed by atoms with E-state index in [1.54, 1.807) is 6.07 Å². The zero-order valence-corrected chi connectivity index (χ0v) is 11.5. The number of rotatable bonds is 7. The summed E-state index contributed by atoms with van der Waals surface area (Å²) in [5.74, 6) is 0.614. The van der Waals surface area contributed by atoms with Gasteiger partial charge in [-0.25, -0.2) is 0 Å². The van der Waals surface area contributed by atoms with Gasteiger partial charge in [-0.3, -0.25) is 4.39 Å². The van der Waals surface area contributed by atoms with E-state index in [1.807, 2.05) is 6.07 Å². The lowest BCUT2D eigenvalue weighted by Crippen LogP contribution is -2.16. The molecule has 1 fully saturated rings. The largest absolute Gasteiger partial charge is 0.492 e. The van der Waals surface area contributed by atoms with E-state index >= 15 is 0 Å². The summed E-state index contributed by atoms with van der Waals surface area (Å²) in [6.07, 6.45) is 2.80. The summed E-state index contributed by atoms with van der Waals surface area (Å²) in [7, 11) is 0. The first kappa shape index (κ1) is 13.9. The van der Waals surface area contributed by atoms with Crippen LogP contribution in [0.5, 0.6) is 5.75 Å². The van der Waals surface area contributed by atoms with Crippen molar-refractivity contribution in [3.8, 4) is 5.75 Å². The Bertz CT molecular complexity index is 410. The average Bonchev–Trinajstić information content (AvgIpc) is 3.13. The highest BCUT2D eigenvalue weighted by Crippen LogP contribution is 2.33. The minimum atomic E-state index is -0.388. The van der Waals surface area contributed by atoms with Gasteiger partial charge in [-0.2, -0.15) is 0 Å². The molecule has 1 N–H and O–H groups in total. The Hall–Kier alpha value is -0.510. The van der Waals surface area contributed by atoms with Crippen molar-refractivity contribution in [1.29, 1.82) is 0 Å². The maximum atomic E-state index is 12.1. The lowest BCUT2D eigenvalue weighted by Gasteiger charge is -2.14. The van der Waals surface area contributed by atoms with E-state index < -0.39 is 0 Å². The number of hydrogen-bond acceptors (Lipinski definition) is 2. The molecule has 1 aromatic rings. The third-order valence-corrected chi connectivity index (χ3v) is 3.27. The smallest absolute Gasteiger partial charge is 0.142 e. The fourth-order valence-electron chi connectivity index (χ4n) is 1.68. The van der Waals surface area contributed by atoms with Crippen molar-refractivity contribution in [2.24, 2.45) is 0 Å². The highest BCUT2D eigenvalue weighted by Gasteiger charge is 2.21. The standard InChI is InChI=1S/C13H16Cl2FNO/c14-10-6-9(8-17-11-2-3-11)13(12(15)7-10)18-5-1-4-16/h6-7,11,17H,1-5,8H2. The first-order valence-corrected chi connectivity index (χ1v) is 6.86. The number of alkyl halides is 1. The zero-order valence-electron chi connectivity index (χ0n) is 10.0. The van der Waals surface area contributed by atoms with Crippen molar-refractivity contribution in [3.63, 3.8) is 0 Å². The van der Waals surface area contributed by atoms with Gasteiger partial charge in [0.2, 0.25) is 0 Å². The van der Waals surface area contributed by atoms with E-state index in [0.717, 1.165) is 5.56 Å². The number of benzene rings is 1. The van der Waals surface area contributed by atoms with Crippen molar-refractivity contribution in [2.45, 2.75) is 31.8 Å². The monoisotopic (exact) mass is 291 g/mol. The second-order valence-electron chi connectivity index (χ2n) is 4.42. The maximum Gasteiger partial charge on any atom is 0.142 e. The Morgan fingerprint density at radius 1 is 1.33 bits per heavy atom. The Morgan fingerprint density at radius 2 is 2.11 bits per heavy atom. The summed E-state index contributed by atoms with van der Waals surface area (Å²) in [5.41, 5.74) is 0.929. The summed E-state index contributed by atoms with van der Waals surface area (Å²) >= 11 is 12.1. The van der Waals surface area contributed by atoms with Gasteiger partial charge < -0.3 is 10.1 Å². The molecule has 0 radical (unpaired) electrons. The molecular formula is C13H16Cl2FNO. The lowest BCUT2D eigenvalue weighted by atomic mass is 10.2. The fraction of sp³-hybridized carbons (Fsp3) is 0.538. The Morgan fingerprint density at radius 3 is 2.78 bits per heavy atom. The highest BCUT2D eigenvalue weighted by molar-refractivity contribution is 6.35. The normalized spacial score (nSPS) is 14.8. The summed E-state index contributed by atoms with van der Waals surface area (Å²) in [5, 5.41) is 4.46. The minimum Gasteiger partial charge on any atom is -0.492 e. The molecule has 1 saturated carbocycles. The van der Waals surface area contributed by atoms with Crippen LogP contribution in [-0.4, -0.2) is 19.3 Å². The van der Waals surface area contributed by atoms with Gasteiger partial charge in [-0.15, -0.1) is 0 Å². The predicted molar refractivity (Wildman–Crippen MR) is 72.4 cm³/mol. The molecule has 0 bridgehead atoms. The molecule has 100 valence electrons. The third kappa shape index (κ3) is 4.01. The third-order valence-electron chi connectivity index (χ3n) is 2.77. The zero-order chi connectivity index (χ0) is 13.0. The summed E-state index contributed by atoms with van der Waals surface area (Å²) < 4.78 is 17.6. The van der Waals surface area contributed by atoms with Gasteiger partial charge in [0, 0.05) is 29.6 Å². The number of hydrogen-bond donors (Lipinski definition) is 1. The van der Waals surface area contributed by atoms with Gasteiger partial charge in [0.05, 0.1) is 18.3 Å². The van der Waals surface area contributed by atoms with E-state index in [1.165, 1.54) is 12.8 Å². The number of nitrogens with one attached hydrogen (secondary N) is 1. The van der Waals surface area contributed by atoms with Gasteiger partial charge in [0.25, 0.3) is 0 Å². The molecule has 1 aliphatic carbocycles. The minimum absolute atomic E-state index is 0.328. The second-order valence-corrected chi connectivity index (χ2v) is 5.27. The summed E-state index contributed by atoms with van der Waals surface area (Å²) in [4.78, 5) is 0. The molecule has 0 saturated heterocycles. The second kappa shape index (κ2) is 6.60. The van der Waals surface area contributed by atoms with Crippen LogP contribution in [0.2, 0.25) is 10.0 Å². The molecule has 1 aliphatic rings. The first-order chi connectivity index (χ1) is 8.70. The van der Waals surface area contributed by atoms with Gasteiger partial charge in [0.15, 0.2) is 0 Å². The molecule has 5 heteroatoms. The van der Waals surface area contributed by atoms with Crippen molar-refractivity contribution in [2.75, 3.05) is 13.3 Å².